The SMILES string of the molecule is CCCCn1nc(-c2ccccc2)nc1-c1cn(CCC)nn1. The van der Waals surface area contributed by atoms with Crippen LogP contribution in [0.15, 0.2) is 36.5 Å². The zero-order valence-corrected chi connectivity index (χ0v) is 13.7. The van der Waals surface area contributed by atoms with Crippen molar-refractivity contribution >= 4 is 0 Å². The summed E-state index contributed by atoms with van der Waals surface area (Å²) in [5.74, 6) is 1.53. The number of aromatic nitrogens is 6. The van der Waals surface area contributed by atoms with E-state index in [1.807, 2.05) is 45.9 Å². The molecule has 0 aliphatic rings. The number of hydrogen-bond donors (Lipinski definition) is 0. The molecule has 0 spiro atoms. The molecule has 0 bridgehead atoms. The molecule has 0 atom stereocenters. The Morgan fingerprint density at radius 2 is 1.83 bits per heavy atom. The Bertz CT molecular complexity index is 744. The van der Waals surface area contributed by atoms with Gasteiger partial charge in [0.25, 0.3) is 0 Å². The molecular weight excluding hydrogens is 288 g/mol. The fourth-order valence-corrected chi connectivity index (χ4v) is 2.44. The summed E-state index contributed by atoms with van der Waals surface area (Å²) in [4.78, 5) is 4.71. The minimum atomic E-state index is 0.738. The number of unbranched alkanes of at least 4 members (excludes halogenated alkanes) is 1. The van der Waals surface area contributed by atoms with E-state index in [0.29, 0.717) is 0 Å². The van der Waals surface area contributed by atoms with E-state index in [-0.39, 0.29) is 0 Å². The molecule has 0 saturated heterocycles. The highest BCUT2D eigenvalue weighted by atomic mass is 15.4. The molecule has 0 saturated carbocycles. The Balaban J connectivity index is 1.97. The van der Waals surface area contributed by atoms with Crippen molar-refractivity contribution in [3.63, 3.8) is 0 Å². The molecule has 0 N–H and O–H groups in total. The van der Waals surface area contributed by atoms with Crippen molar-refractivity contribution in [3.05, 3.63) is 36.5 Å². The van der Waals surface area contributed by atoms with E-state index in [1.54, 1.807) is 0 Å². The molecule has 3 rings (SSSR count). The van der Waals surface area contributed by atoms with Crippen LogP contribution in [0.3, 0.4) is 0 Å². The van der Waals surface area contributed by atoms with Crippen LogP contribution in [0.1, 0.15) is 33.1 Å². The van der Waals surface area contributed by atoms with Gasteiger partial charge in [-0.1, -0.05) is 55.8 Å². The summed E-state index contributed by atoms with van der Waals surface area (Å²) in [5, 5.41) is 13.1. The molecule has 23 heavy (non-hydrogen) atoms. The molecule has 120 valence electrons. The third-order valence-corrected chi connectivity index (χ3v) is 3.65. The molecule has 1 aromatic carbocycles. The monoisotopic (exact) mass is 310 g/mol. The summed E-state index contributed by atoms with van der Waals surface area (Å²) in [6.45, 7) is 6.00. The van der Waals surface area contributed by atoms with Gasteiger partial charge in [-0.25, -0.2) is 9.67 Å². The van der Waals surface area contributed by atoms with Crippen LogP contribution in [0, 0.1) is 0 Å². The Morgan fingerprint density at radius 1 is 1.00 bits per heavy atom. The largest absolute Gasteiger partial charge is 0.252 e. The van der Waals surface area contributed by atoms with Crippen LogP contribution in [0.5, 0.6) is 0 Å². The number of nitrogens with zero attached hydrogens (tertiary/aromatic N) is 6. The summed E-state index contributed by atoms with van der Waals surface area (Å²) >= 11 is 0. The van der Waals surface area contributed by atoms with Crippen LogP contribution >= 0.6 is 0 Å². The molecule has 3 aromatic rings. The minimum Gasteiger partial charge on any atom is -0.252 e. The molecule has 0 unspecified atom stereocenters. The Labute approximate surface area is 136 Å². The number of rotatable bonds is 7. The van der Waals surface area contributed by atoms with Gasteiger partial charge in [0.15, 0.2) is 11.6 Å². The maximum atomic E-state index is 4.71. The third-order valence-electron chi connectivity index (χ3n) is 3.65. The Hall–Kier alpha value is -2.50. The van der Waals surface area contributed by atoms with Gasteiger partial charge in [-0.05, 0) is 12.8 Å². The van der Waals surface area contributed by atoms with E-state index in [0.717, 1.165) is 55.3 Å². The first-order chi connectivity index (χ1) is 11.3. The van der Waals surface area contributed by atoms with E-state index in [1.165, 1.54) is 0 Å². The standard InChI is InChI=1S/C17H22N6/c1-3-5-12-23-17(15-13-22(11-4-2)21-19-15)18-16(20-23)14-9-7-6-8-10-14/h6-10,13H,3-5,11-12H2,1-2H3. The van der Waals surface area contributed by atoms with Gasteiger partial charge in [0.1, 0.15) is 5.69 Å². The first-order valence-electron chi connectivity index (χ1n) is 8.22. The van der Waals surface area contributed by atoms with E-state index in [4.69, 9.17) is 4.98 Å². The van der Waals surface area contributed by atoms with Crippen LogP contribution < -0.4 is 0 Å². The zero-order chi connectivity index (χ0) is 16.1. The number of benzene rings is 1. The fourth-order valence-electron chi connectivity index (χ4n) is 2.44. The van der Waals surface area contributed by atoms with Gasteiger partial charge in [0.05, 0.1) is 6.20 Å². The van der Waals surface area contributed by atoms with Crippen molar-refractivity contribution in [2.24, 2.45) is 0 Å². The van der Waals surface area contributed by atoms with E-state index in [2.05, 4.69) is 29.3 Å². The molecule has 6 nitrogen and oxygen atoms in total. The molecule has 0 radical (unpaired) electrons. The van der Waals surface area contributed by atoms with Gasteiger partial charge in [-0.15, -0.1) is 5.10 Å². The average molecular weight is 310 g/mol. The fraction of sp³-hybridized carbons (Fsp3) is 0.412. The molecule has 2 aromatic heterocycles. The maximum absolute atomic E-state index is 4.71. The summed E-state index contributed by atoms with van der Waals surface area (Å²) in [7, 11) is 0. The van der Waals surface area contributed by atoms with Gasteiger partial charge in [-0.3, -0.25) is 4.68 Å². The van der Waals surface area contributed by atoms with Gasteiger partial charge in [0.2, 0.25) is 0 Å². The second-order valence-corrected chi connectivity index (χ2v) is 5.57. The van der Waals surface area contributed by atoms with Gasteiger partial charge in [-0.2, -0.15) is 5.10 Å². The summed E-state index contributed by atoms with van der Waals surface area (Å²) in [5.41, 5.74) is 1.80. The van der Waals surface area contributed by atoms with Crippen LogP contribution in [-0.2, 0) is 13.1 Å². The summed E-state index contributed by atoms with van der Waals surface area (Å²) in [6, 6.07) is 10.0. The van der Waals surface area contributed by atoms with Crippen molar-refractivity contribution in [2.45, 2.75) is 46.2 Å². The van der Waals surface area contributed by atoms with Crippen molar-refractivity contribution in [2.75, 3.05) is 0 Å². The summed E-state index contributed by atoms with van der Waals surface area (Å²) < 4.78 is 3.81. The van der Waals surface area contributed by atoms with Crippen LogP contribution in [0.2, 0.25) is 0 Å². The lowest BCUT2D eigenvalue weighted by Crippen LogP contribution is -2.03. The normalized spacial score (nSPS) is 11.0. The van der Waals surface area contributed by atoms with Crippen molar-refractivity contribution in [3.8, 4) is 22.9 Å². The van der Waals surface area contributed by atoms with Gasteiger partial charge >= 0.3 is 0 Å². The van der Waals surface area contributed by atoms with Crippen molar-refractivity contribution < 1.29 is 0 Å². The predicted molar refractivity (Wildman–Crippen MR) is 89.7 cm³/mol. The molecule has 0 fully saturated rings. The van der Waals surface area contributed by atoms with E-state index >= 15 is 0 Å². The molecule has 0 aliphatic heterocycles. The van der Waals surface area contributed by atoms with Crippen LogP contribution in [0.25, 0.3) is 22.9 Å². The first-order valence-corrected chi connectivity index (χ1v) is 8.22. The quantitative estimate of drug-likeness (QED) is 0.671. The second-order valence-electron chi connectivity index (χ2n) is 5.57. The second kappa shape index (κ2) is 7.17. The van der Waals surface area contributed by atoms with Crippen LogP contribution in [-0.4, -0.2) is 29.8 Å². The maximum Gasteiger partial charge on any atom is 0.181 e. The molecule has 2 heterocycles. The average Bonchev–Trinajstić information content (AvgIpc) is 3.21. The molecule has 0 aliphatic carbocycles. The van der Waals surface area contributed by atoms with E-state index < -0.39 is 0 Å². The van der Waals surface area contributed by atoms with Crippen molar-refractivity contribution in [1.29, 1.82) is 0 Å². The lowest BCUT2D eigenvalue weighted by molar-refractivity contribution is 0.576. The minimum absolute atomic E-state index is 0.738. The predicted octanol–water partition coefficient (Wildman–Crippen LogP) is 3.41. The lowest BCUT2D eigenvalue weighted by atomic mass is 10.2. The lowest BCUT2D eigenvalue weighted by Gasteiger charge is -2.01. The first kappa shape index (κ1) is 15.4. The molecule has 6 heteroatoms. The topological polar surface area (TPSA) is 61.4 Å². The third kappa shape index (κ3) is 3.47. The van der Waals surface area contributed by atoms with Gasteiger partial charge in [0, 0.05) is 18.7 Å². The summed E-state index contributed by atoms with van der Waals surface area (Å²) in [6.07, 6.45) is 5.15. The number of hydrogen-bond acceptors (Lipinski definition) is 4. The highest BCUT2D eigenvalue weighted by molar-refractivity contribution is 5.58. The molecular formula is C17H22N6. The molecule has 0 amide bonds. The highest BCUT2D eigenvalue weighted by Gasteiger charge is 2.16. The van der Waals surface area contributed by atoms with E-state index in [9.17, 15) is 0 Å². The highest BCUT2D eigenvalue weighted by Crippen LogP contribution is 2.21. The van der Waals surface area contributed by atoms with Gasteiger partial charge < -0.3 is 0 Å². The van der Waals surface area contributed by atoms with Crippen molar-refractivity contribution in [1.82, 2.24) is 29.8 Å². The smallest absolute Gasteiger partial charge is 0.181 e. The zero-order valence-electron chi connectivity index (χ0n) is 13.7. The van der Waals surface area contributed by atoms with Crippen LogP contribution in [0.4, 0.5) is 0 Å². The number of aryl methyl sites for hydroxylation is 2. The Kier molecular flexibility index (Phi) is 4.80. The Morgan fingerprint density at radius 3 is 2.57 bits per heavy atom.